The van der Waals surface area contributed by atoms with Gasteiger partial charge in [0.15, 0.2) is 23.3 Å². The van der Waals surface area contributed by atoms with Crippen LogP contribution in [0.2, 0.25) is 0 Å². The summed E-state index contributed by atoms with van der Waals surface area (Å²) in [6, 6.07) is 34.6. The molecular weight excluding hydrogens is 964 g/mol. The Kier molecular flexibility index (Phi) is 11.0. The fraction of sp³-hybridized carbons (Fsp3) is 0.155. The number of rotatable bonds is 7. The Hall–Kier alpha value is -9.76. The molecule has 0 unspecified atom stereocenters. The number of aromatic nitrogens is 14. The molecule has 0 aliphatic heterocycles. The fourth-order valence-electron chi connectivity index (χ4n) is 10.3. The summed E-state index contributed by atoms with van der Waals surface area (Å²) < 4.78 is 50.8. The quantitative estimate of drug-likeness (QED) is 0.147. The van der Waals surface area contributed by atoms with Crippen molar-refractivity contribution in [3.63, 3.8) is 0 Å². The number of alkyl halides is 3. The van der Waals surface area contributed by atoms with Gasteiger partial charge < -0.3 is 9.13 Å². The zero-order valence-corrected chi connectivity index (χ0v) is 42.2. The first-order chi connectivity index (χ1) is 36.5. The highest BCUT2D eigenvalue weighted by Gasteiger charge is 2.35. The molecule has 0 fully saturated rings. The summed E-state index contributed by atoms with van der Waals surface area (Å²) in [4.78, 5) is 55.0. The Morgan fingerprint density at radius 1 is 0.368 bits per heavy atom. The van der Waals surface area contributed by atoms with Crippen LogP contribution in [0.15, 0.2) is 109 Å². The van der Waals surface area contributed by atoms with Crippen LogP contribution in [0.1, 0.15) is 57.7 Å². The lowest BCUT2D eigenvalue weighted by atomic mass is 9.95. The summed E-state index contributed by atoms with van der Waals surface area (Å²) in [5.41, 5.74) is 5.10. The molecular formula is C58H42F3N15. The van der Waals surface area contributed by atoms with Gasteiger partial charge >= 0.3 is 6.18 Å². The predicted molar refractivity (Wildman–Crippen MR) is 283 cm³/mol. The summed E-state index contributed by atoms with van der Waals surface area (Å²) in [5.74, 6) is 5.96. The predicted octanol–water partition coefficient (Wildman–Crippen LogP) is 12.3. The molecule has 0 aliphatic rings. The molecule has 6 aromatic heterocycles. The van der Waals surface area contributed by atoms with Crippen LogP contribution in [-0.2, 0) is 6.18 Å². The smallest absolute Gasteiger partial charge is 0.309 e. The van der Waals surface area contributed by atoms with E-state index in [0.29, 0.717) is 126 Å². The topological polar surface area (TPSA) is 188 Å². The molecule has 76 heavy (non-hydrogen) atoms. The molecule has 6 aromatic carbocycles. The SMILES string of the molecule is Cc1nc(C)nc(-c2ccc3c4ccc(-c5nc(C)nc(C)n5)cc4n(-c4cc(-c5ccccc5C(F)(F)F)c(-n5c6cc(-c7nc(C)nc(C)n7)ccc6c6ccc(-c7nc(C)nc(C)n7)cc65)cc4C#N)c3c2)n1. The standard InChI is InChI=1S/C58H42F3N15/c1-28-63-29(2)68-54(67-28)36-13-17-42-43-18-14-37(55-69-30(3)64-31(4)70-55)22-50(43)75(49(42)21-36)48-26-46(41-11-9-10-12-47(41)58(59,60)61)53(25-40(48)27-62)76-51-23-38(56-71-32(5)65-33(6)72-56)15-19-44(51)45-20-16-39(24-52(45)76)57-73-34(7)66-35(8)74-57/h9-26H,1-8H3. The van der Waals surface area contributed by atoms with Crippen LogP contribution in [0.3, 0.4) is 0 Å². The molecule has 0 saturated heterocycles. The molecule has 6 heterocycles. The van der Waals surface area contributed by atoms with Gasteiger partial charge in [0.05, 0.1) is 44.6 Å². The minimum absolute atomic E-state index is 0.111. The van der Waals surface area contributed by atoms with Gasteiger partial charge in [-0.2, -0.15) is 18.4 Å². The second-order valence-corrected chi connectivity index (χ2v) is 18.7. The Morgan fingerprint density at radius 3 is 1.00 bits per heavy atom. The van der Waals surface area contributed by atoms with Crippen molar-refractivity contribution in [1.82, 2.24) is 68.9 Å². The third-order valence-corrected chi connectivity index (χ3v) is 13.2. The number of benzene rings is 6. The van der Waals surface area contributed by atoms with E-state index in [-0.39, 0.29) is 16.7 Å². The summed E-state index contributed by atoms with van der Waals surface area (Å²) in [6.45, 7) is 14.3. The highest BCUT2D eigenvalue weighted by atomic mass is 19.4. The van der Waals surface area contributed by atoms with Crippen molar-refractivity contribution in [3.05, 3.63) is 167 Å². The maximum atomic E-state index is 15.7. The number of fused-ring (bicyclic) bond motifs is 6. The van der Waals surface area contributed by atoms with Gasteiger partial charge in [-0.25, -0.2) is 59.8 Å². The fourth-order valence-corrected chi connectivity index (χ4v) is 10.3. The molecule has 12 aromatic rings. The number of nitrogens with zero attached hydrogens (tertiary/aromatic N) is 15. The van der Waals surface area contributed by atoms with E-state index in [0.717, 1.165) is 27.6 Å². The highest BCUT2D eigenvalue weighted by molar-refractivity contribution is 6.13. The van der Waals surface area contributed by atoms with Gasteiger partial charge in [-0.1, -0.05) is 66.7 Å². The third-order valence-electron chi connectivity index (χ3n) is 13.2. The monoisotopic (exact) mass is 1010 g/mol. The van der Waals surface area contributed by atoms with Crippen molar-refractivity contribution in [1.29, 1.82) is 5.26 Å². The van der Waals surface area contributed by atoms with Crippen molar-refractivity contribution >= 4 is 43.6 Å². The van der Waals surface area contributed by atoms with Crippen molar-refractivity contribution in [2.45, 2.75) is 61.6 Å². The number of hydrogen-bond acceptors (Lipinski definition) is 13. The number of halogens is 3. The van der Waals surface area contributed by atoms with E-state index in [4.69, 9.17) is 0 Å². The average molecular weight is 1010 g/mol. The van der Waals surface area contributed by atoms with Crippen LogP contribution in [0, 0.1) is 66.7 Å². The van der Waals surface area contributed by atoms with Gasteiger partial charge in [-0.3, -0.25) is 0 Å². The van der Waals surface area contributed by atoms with Crippen molar-refractivity contribution in [2.24, 2.45) is 0 Å². The third kappa shape index (κ3) is 8.18. The molecule has 0 atom stereocenters. The van der Waals surface area contributed by atoms with E-state index in [1.165, 1.54) is 12.1 Å². The van der Waals surface area contributed by atoms with Gasteiger partial charge in [0.25, 0.3) is 0 Å². The molecule has 0 spiro atoms. The van der Waals surface area contributed by atoms with Crippen LogP contribution in [0.5, 0.6) is 0 Å². The first kappa shape index (κ1) is 47.3. The Balaban J connectivity index is 1.23. The molecule has 0 aliphatic carbocycles. The second-order valence-electron chi connectivity index (χ2n) is 18.7. The van der Waals surface area contributed by atoms with Gasteiger partial charge in [0, 0.05) is 49.4 Å². The Labute approximate surface area is 432 Å². The Bertz CT molecular complexity index is 4180. The molecule has 0 N–H and O–H groups in total. The lowest BCUT2D eigenvalue weighted by Crippen LogP contribution is -2.09. The number of nitriles is 1. The summed E-state index contributed by atoms with van der Waals surface area (Å²) in [7, 11) is 0. The lowest BCUT2D eigenvalue weighted by Gasteiger charge is -2.21. The first-order valence-corrected chi connectivity index (χ1v) is 24.2. The summed E-state index contributed by atoms with van der Waals surface area (Å²) in [6.07, 6.45) is -4.79. The van der Waals surface area contributed by atoms with E-state index < -0.39 is 11.7 Å². The van der Waals surface area contributed by atoms with Gasteiger partial charge in [-0.15, -0.1) is 0 Å². The Morgan fingerprint density at radius 2 is 0.684 bits per heavy atom. The molecule has 370 valence electrons. The minimum Gasteiger partial charge on any atom is -0.309 e. The van der Waals surface area contributed by atoms with Crippen LogP contribution >= 0.6 is 0 Å². The molecule has 0 bridgehead atoms. The second kappa shape index (κ2) is 17.7. The number of hydrogen-bond donors (Lipinski definition) is 0. The molecule has 0 saturated carbocycles. The number of aryl methyl sites for hydroxylation is 8. The van der Waals surface area contributed by atoms with Crippen LogP contribution in [-0.4, -0.2) is 68.9 Å². The maximum Gasteiger partial charge on any atom is 0.417 e. The average Bonchev–Trinajstić information content (AvgIpc) is 3.88. The normalized spacial score (nSPS) is 11.9. The molecule has 12 rings (SSSR count). The molecule has 18 heteroatoms. The summed E-state index contributed by atoms with van der Waals surface area (Å²) in [5, 5.41) is 14.7. The zero-order valence-electron chi connectivity index (χ0n) is 42.2. The van der Waals surface area contributed by atoms with Crippen LogP contribution < -0.4 is 0 Å². The maximum absolute atomic E-state index is 15.7. The van der Waals surface area contributed by atoms with E-state index in [1.54, 1.807) is 73.6 Å². The van der Waals surface area contributed by atoms with Gasteiger partial charge in [-0.05, 0) is 103 Å². The van der Waals surface area contributed by atoms with E-state index >= 15 is 13.2 Å². The zero-order chi connectivity index (χ0) is 52.9. The summed E-state index contributed by atoms with van der Waals surface area (Å²) >= 11 is 0. The van der Waals surface area contributed by atoms with Crippen molar-refractivity contribution < 1.29 is 13.2 Å². The largest absolute Gasteiger partial charge is 0.417 e. The van der Waals surface area contributed by atoms with E-state index in [2.05, 4.69) is 65.9 Å². The first-order valence-electron chi connectivity index (χ1n) is 24.2. The van der Waals surface area contributed by atoms with E-state index in [9.17, 15) is 5.26 Å². The molecule has 0 radical (unpaired) electrons. The van der Waals surface area contributed by atoms with Gasteiger partial charge in [0.2, 0.25) is 0 Å². The van der Waals surface area contributed by atoms with Crippen LogP contribution in [0.4, 0.5) is 13.2 Å². The van der Waals surface area contributed by atoms with E-state index in [1.807, 2.05) is 81.9 Å². The minimum atomic E-state index is -4.79. The van der Waals surface area contributed by atoms with Crippen molar-refractivity contribution in [2.75, 3.05) is 0 Å². The highest BCUT2D eigenvalue weighted by Crippen LogP contribution is 2.46. The van der Waals surface area contributed by atoms with Crippen LogP contribution in [0.25, 0.3) is 112 Å². The van der Waals surface area contributed by atoms with Gasteiger partial charge in [0.1, 0.15) is 52.7 Å². The van der Waals surface area contributed by atoms with Crippen molar-refractivity contribution in [3.8, 4) is 74.1 Å². The molecule has 0 amide bonds. The molecule has 15 nitrogen and oxygen atoms in total. The lowest BCUT2D eigenvalue weighted by molar-refractivity contribution is -0.137.